The molecule has 4 nitrogen and oxygen atoms in total. The first-order valence-corrected chi connectivity index (χ1v) is 8.44. The molecule has 1 atom stereocenters. The van der Waals surface area contributed by atoms with E-state index in [4.69, 9.17) is 0 Å². The maximum absolute atomic E-state index is 13.0. The van der Waals surface area contributed by atoms with Gasteiger partial charge in [0.05, 0.1) is 4.90 Å². The Hall–Kier alpha value is -0.980. The molecule has 0 bridgehead atoms. The van der Waals surface area contributed by atoms with Gasteiger partial charge in [0, 0.05) is 6.54 Å². The molecule has 1 unspecified atom stereocenters. The number of hydrogen-bond donors (Lipinski definition) is 2. The first kappa shape index (κ1) is 15.4. The highest BCUT2D eigenvalue weighted by atomic mass is 32.2. The Bertz CT molecular complexity index is 554. The van der Waals surface area contributed by atoms with Gasteiger partial charge in [-0.15, -0.1) is 0 Å². The Morgan fingerprint density at radius 3 is 2.90 bits per heavy atom. The highest BCUT2D eigenvalue weighted by Gasteiger charge is 2.18. The Kier molecular flexibility index (Phi) is 5.12. The molecule has 1 aliphatic heterocycles. The lowest BCUT2D eigenvalue weighted by atomic mass is 9.96. The van der Waals surface area contributed by atoms with Gasteiger partial charge in [-0.05, 0) is 69.0 Å². The van der Waals surface area contributed by atoms with Crippen molar-refractivity contribution < 1.29 is 12.8 Å². The number of rotatable bonds is 5. The van der Waals surface area contributed by atoms with E-state index in [1.54, 1.807) is 6.92 Å². The van der Waals surface area contributed by atoms with Crippen LogP contribution in [0.25, 0.3) is 0 Å². The monoisotopic (exact) mass is 300 g/mol. The van der Waals surface area contributed by atoms with Gasteiger partial charge >= 0.3 is 0 Å². The molecule has 6 heteroatoms. The molecule has 0 amide bonds. The van der Waals surface area contributed by atoms with Crippen molar-refractivity contribution in [3.8, 4) is 0 Å². The number of piperidine rings is 1. The molecule has 2 N–H and O–H groups in total. The fourth-order valence-electron chi connectivity index (χ4n) is 2.56. The van der Waals surface area contributed by atoms with Crippen molar-refractivity contribution in [1.29, 1.82) is 0 Å². The van der Waals surface area contributed by atoms with E-state index in [1.165, 1.54) is 18.2 Å². The molecule has 1 aliphatic rings. The second-order valence-corrected chi connectivity index (χ2v) is 7.04. The number of benzene rings is 1. The van der Waals surface area contributed by atoms with Crippen LogP contribution in [0.3, 0.4) is 0 Å². The molecule has 0 aromatic heterocycles. The molecule has 112 valence electrons. The van der Waals surface area contributed by atoms with Gasteiger partial charge in [-0.25, -0.2) is 17.5 Å². The third-order valence-electron chi connectivity index (χ3n) is 3.67. The second kappa shape index (κ2) is 6.65. The van der Waals surface area contributed by atoms with Crippen molar-refractivity contribution in [2.24, 2.45) is 5.92 Å². The summed E-state index contributed by atoms with van der Waals surface area (Å²) in [7, 11) is -3.55. The molecule has 2 rings (SSSR count). The number of hydrogen-bond acceptors (Lipinski definition) is 3. The molecule has 0 aliphatic carbocycles. The van der Waals surface area contributed by atoms with E-state index in [2.05, 4.69) is 10.0 Å². The average Bonchev–Trinajstić information content (AvgIpc) is 2.39. The van der Waals surface area contributed by atoms with E-state index in [9.17, 15) is 12.8 Å². The standard InChI is InChI=1S/C14H21FN2O2S/c1-11-9-13(15)4-5-14(11)20(18,19)17-8-6-12-3-2-7-16-10-12/h4-5,9,12,16-17H,2-3,6-8,10H2,1H3. The highest BCUT2D eigenvalue weighted by Crippen LogP contribution is 2.17. The second-order valence-electron chi connectivity index (χ2n) is 5.31. The molecule has 1 aromatic carbocycles. The summed E-state index contributed by atoms with van der Waals surface area (Å²) >= 11 is 0. The lowest BCUT2D eigenvalue weighted by molar-refractivity contribution is 0.358. The number of nitrogens with one attached hydrogen (secondary N) is 2. The Labute approximate surface area is 119 Å². The normalized spacial score (nSPS) is 20.0. The zero-order valence-corrected chi connectivity index (χ0v) is 12.5. The minimum atomic E-state index is -3.55. The van der Waals surface area contributed by atoms with Crippen LogP contribution in [-0.4, -0.2) is 28.1 Å². The van der Waals surface area contributed by atoms with Crippen LogP contribution in [-0.2, 0) is 10.0 Å². The van der Waals surface area contributed by atoms with Crippen molar-refractivity contribution in [1.82, 2.24) is 10.0 Å². The van der Waals surface area contributed by atoms with E-state index in [0.29, 0.717) is 18.0 Å². The predicted octanol–water partition coefficient (Wildman–Crippen LogP) is 1.80. The number of halogens is 1. The zero-order chi connectivity index (χ0) is 14.6. The molecular formula is C14H21FN2O2S. The average molecular weight is 300 g/mol. The maximum atomic E-state index is 13.0. The fourth-order valence-corrected chi connectivity index (χ4v) is 3.83. The highest BCUT2D eigenvalue weighted by molar-refractivity contribution is 7.89. The minimum absolute atomic E-state index is 0.153. The van der Waals surface area contributed by atoms with Crippen molar-refractivity contribution in [3.63, 3.8) is 0 Å². The number of sulfonamides is 1. The van der Waals surface area contributed by atoms with Crippen molar-refractivity contribution in [2.45, 2.75) is 31.1 Å². The van der Waals surface area contributed by atoms with Gasteiger partial charge in [-0.1, -0.05) is 0 Å². The SMILES string of the molecule is Cc1cc(F)ccc1S(=O)(=O)NCCC1CCCNC1. The van der Waals surface area contributed by atoms with Gasteiger partial charge in [-0.3, -0.25) is 0 Å². The molecular weight excluding hydrogens is 279 g/mol. The molecule has 20 heavy (non-hydrogen) atoms. The molecule has 0 saturated carbocycles. The quantitative estimate of drug-likeness (QED) is 0.872. The van der Waals surface area contributed by atoms with Crippen LogP contribution in [0.15, 0.2) is 23.1 Å². The lowest BCUT2D eigenvalue weighted by Gasteiger charge is -2.22. The minimum Gasteiger partial charge on any atom is -0.316 e. The fraction of sp³-hybridized carbons (Fsp3) is 0.571. The van der Waals surface area contributed by atoms with E-state index < -0.39 is 15.8 Å². The summed E-state index contributed by atoms with van der Waals surface area (Å²) in [6.07, 6.45) is 3.12. The predicted molar refractivity (Wildman–Crippen MR) is 76.5 cm³/mol. The lowest BCUT2D eigenvalue weighted by Crippen LogP contribution is -2.33. The smallest absolute Gasteiger partial charge is 0.240 e. The third-order valence-corrected chi connectivity index (χ3v) is 5.29. The summed E-state index contributed by atoms with van der Waals surface area (Å²) in [4.78, 5) is 0.153. The summed E-state index contributed by atoms with van der Waals surface area (Å²) in [5, 5.41) is 3.31. The van der Waals surface area contributed by atoms with Gasteiger partial charge in [0.1, 0.15) is 5.82 Å². The molecule has 1 saturated heterocycles. The van der Waals surface area contributed by atoms with Crippen molar-refractivity contribution in [3.05, 3.63) is 29.6 Å². The van der Waals surface area contributed by atoms with Crippen LogP contribution in [0.5, 0.6) is 0 Å². The first-order valence-electron chi connectivity index (χ1n) is 6.95. The van der Waals surface area contributed by atoms with Crippen LogP contribution in [0.4, 0.5) is 4.39 Å². The van der Waals surface area contributed by atoms with E-state index >= 15 is 0 Å². The number of aryl methyl sites for hydroxylation is 1. The molecule has 0 spiro atoms. The van der Waals surface area contributed by atoms with Gasteiger partial charge < -0.3 is 5.32 Å². The van der Waals surface area contributed by atoms with E-state index in [0.717, 1.165) is 32.4 Å². The molecule has 1 aromatic rings. The summed E-state index contributed by atoms with van der Waals surface area (Å²) < 4.78 is 39.9. The molecule has 0 radical (unpaired) electrons. The van der Waals surface area contributed by atoms with Crippen LogP contribution in [0.1, 0.15) is 24.8 Å². The van der Waals surface area contributed by atoms with Crippen molar-refractivity contribution in [2.75, 3.05) is 19.6 Å². The van der Waals surface area contributed by atoms with Crippen LogP contribution < -0.4 is 10.0 Å². The van der Waals surface area contributed by atoms with Crippen LogP contribution >= 0.6 is 0 Å². The van der Waals surface area contributed by atoms with Crippen LogP contribution in [0, 0.1) is 18.7 Å². The summed E-state index contributed by atoms with van der Waals surface area (Å²) in [6, 6.07) is 3.72. The summed E-state index contributed by atoms with van der Waals surface area (Å²) in [5.41, 5.74) is 0.428. The van der Waals surface area contributed by atoms with Gasteiger partial charge in [0.25, 0.3) is 0 Å². The van der Waals surface area contributed by atoms with Gasteiger partial charge in [0.15, 0.2) is 0 Å². The largest absolute Gasteiger partial charge is 0.316 e. The maximum Gasteiger partial charge on any atom is 0.240 e. The Morgan fingerprint density at radius 2 is 2.25 bits per heavy atom. The van der Waals surface area contributed by atoms with Crippen molar-refractivity contribution >= 4 is 10.0 Å². The Balaban J connectivity index is 1.93. The summed E-state index contributed by atoms with van der Waals surface area (Å²) in [6.45, 7) is 4.03. The molecule has 1 fully saturated rings. The Morgan fingerprint density at radius 1 is 1.45 bits per heavy atom. The van der Waals surface area contributed by atoms with E-state index in [1.807, 2.05) is 0 Å². The topological polar surface area (TPSA) is 58.2 Å². The molecule has 1 heterocycles. The van der Waals surface area contributed by atoms with Gasteiger partial charge in [0.2, 0.25) is 10.0 Å². The van der Waals surface area contributed by atoms with Gasteiger partial charge in [-0.2, -0.15) is 0 Å². The third kappa shape index (κ3) is 4.01. The summed E-state index contributed by atoms with van der Waals surface area (Å²) in [5.74, 6) is 0.107. The van der Waals surface area contributed by atoms with E-state index in [-0.39, 0.29) is 4.90 Å². The van der Waals surface area contributed by atoms with Crippen LogP contribution in [0.2, 0.25) is 0 Å². The zero-order valence-electron chi connectivity index (χ0n) is 11.7. The first-order chi connectivity index (χ1) is 9.49.